The fourth-order valence-electron chi connectivity index (χ4n) is 1.57. The molecule has 0 amide bonds. The fraction of sp³-hybridized carbons (Fsp3) is 0.857. The number of carbonyl (C=O) groups excluding carboxylic acids is 2. The van der Waals surface area contributed by atoms with Gasteiger partial charge in [-0.3, -0.25) is 18.6 Å². The van der Waals surface area contributed by atoms with Gasteiger partial charge in [0, 0.05) is 20.0 Å². The lowest BCUT2D eigenvalue weighted by atomic mass is 10.2. The van der Waals surface area contributed by atoms with E-state index in [9.17, 15) is 19.0 Å². The molecular formula is C14H27O8P. The van der Waals surface area contributed by atoms with E-state index in [4.69, 9.17) is 9.47 Å². The molecule has 0 aliphatic carbocycles. The first-order valence-corrected chi connectivity index (χ1v) is 9.22. The predicted molar refractivity (Wildman–Crippen MR) is 82.7 cm³/mol. The van der Waals surface area contributed by atoms with Crippen LogP contribution in [0.2, 0.25) is 0 Å². The molecule has 0 radical (unpaired) electrons. The third kappa shape index (κ3) is 12.2. The summed E-state index contributed by atoms with van der Waals surface area (Å²) >= 11 is 0. The van der Waals surface area contributed by atoms with Crippen molar-refractivity contribution in [2.75, 3.05) is 20.3 Å². The molecule has 0 fully saturated rings. The molecule has 0 aromatic carbocycles. The van der Waals surface area contributed by atoms with Crippen LogP contribution in [0.15, 0.2) is 0 Å². The maximum atomic E-state index is 11.7. The Morgan fingerprint density at radius 1 is 1.04 bits per heavy atom. The van der Waals surface area contributed by atoms with Crippen molar-refractivity contribution >= 4 is 19.8 Å². The van der Waals surface area contributed by atoms with Gasteiger partial charge in [0.15, 0.2) is 6.10 Å². The SMILES string of the molecule is CCCCCC(=O)O[C@H](COC(=O)CCC)COP(=O)(O)OC. The first-order chi connectivity index (χ1) is 10.8. The summed E-state index contributed by atoms with van der Waals surface area (Å²) in [5.41, 5.74) is 0. The Bertz CT molecular complexity index is 398. The second kappa shape index (κ2) is 12.5. The molecule has 0 saturated heterocycles. The first-order valence-electron chi connectivity index (χ1n) is 7.72. The van der Waals surface area contributed by atoms with Crippen molar-refractivity contribution in [3.63, 3.8) is 0 Å². The van der Waals surface area contributed by atoms with Gasteiger partial charge in [0.05, 0.1) is 6.61 Å². The molecule has 2 atom stereocenters. The first kappa shape index (κ1) is 22.1. The van der Waals surface area contributed by atoms with Crippen LogP contribution in [-0.2, 0) is 32.7 Å². The average molecular weight is 354 g/mol. The number of unbranched alkanes of at least 4 members (excludes halogenated alkanes) is 2. The lowest BCUT2D eigenvalue weighted by Gasteiger charge is -2.19. The summed E-state index contributed by atoms with van der Waals surface area (Å²) in [6.45, 7) is 3.21. The van der Waals surface area contributed by atoms with Crippen LogP contribution in [0.25, 0.3) is 0 Å². The van der Waals surface area contributed by atoms with E-state index in [0.29, 0.717) is 12.8 Å². The highest BCUT2D eigenvalue weighted by atomic mass is 31.2. The molecule has 0 rings (SSSR count). The molecule has 0 heterocycles. The van der Waals surface area contributed by atoms with Gasteiger partial charge < -0.3 is 14.4 Å². The van der Waals surface area contributed by atoms with E-state index in [1.165, 1.54) is 0 Å². The predicted octanol–water partition coefficient (Wildman–Crippen LogP) is 2.59. The van der Waals surface area contributed by atoms with E-state index in [1.54, 1.807) is 0 Å². The maximum Gasteiger partial charge on any atom is 0.472 e. The quantitative estimate of drug-likeness (QED) is 0.305. The molecule has 9 heteroatoms. The number of carbonyl (C=O) groups is 2. The Morgan fingerprint density at radius 2 is 1.74 bits per heavy atom. The molecule has 0 aliphatic heterocycles. The number of rotatable bonds is 13. The molecule has 1 N–H and O–H groups in total. The van der Waals surface area contributed by atoms with Gasteiger partial charge in [-0.05, 0) is 12.8 Å². The number of esters is 2. The minimum atomic E-state index is -4.19. The molecule has 8 nitrogen and oxygen atoms in total. The zero-order valence-corrected chi connectivity index (χ0v) is 14.9. The number of phosphoric ester groups is 1. The minimum Gasteiger partial charge on any atom is -0.462 e. The second-order valence-electron chi connectivity index (χ2n) is 4.95. The molecule has 0 aromatic heterocycles. The molecule has 0 aromatic rings. The second-order valence-corrected chi connectivity index (χ2v) is 6.51. The third-order valence-corrected chi connectivity index (χ3v) is 3.76. The van der Waals surface area contributed by atoms with Crippen LogP contribution in [0, 0.1) is 0 Å². The summed E-state index contributed by atoms with van der Waals surface area (Å²) < 4.78 is 30.3. The van der Waals surface area contributed by atoms with Gasteiger partial charge in [0.25, 0.3) is 0 Å². The standard InChI is InChI=1S/C14H27O8P/c1-4-6-7-9-14(16)22-12(10-20-13(15)8-5-2)11-21-23(17,18)19-3/h12H,4-11H2,1-3H3,(H,17,18)/t12-/m1/s1. The molecular weight excluding hydrogens is 327 g/mol. The molecule has 1 unspecified atom stereocenters. The highest BCUT2D eigenvalue weighted by molar-refractivity contribution is 7.47. The van der Waals surface area contributed by atoms with Crippen molar-refractivity contribution in [1.29, 1.82) is 0 Å². The van der Waals surface area contributed by atoms with Gasteiger partial charge in [-0.1, -0.05) is 26.7 Å². The zero-order chi connectivity index (χ0) is 17.7. The van der Waals surface area contributed by atoms with Gasteiger partial charge in [0.2, 0.25) is 0 Å². The monoisotopic (exact) mass is 354 g/mol. The molecule has 0 aliphatic rings. The van der Waals surface area contributed by atoms with Crippen LogP contribution < -0.4 is 0 Å². The Labute approximate surface area is 137 Å². The van der Waals surface area contributed by atoms with Crippen LogP contribution in [0.3, 0.4) is 0 Å². The van der Waals surface area contributed by atoms with Crippen molar-refractivity contribution in [1.82, 2.24) is 0 Å². The highest BCUT2D eigenvalue weighted by Gasteiger charge is 2.24. The Hall–Kier alpha value is -0.950. The normalized spacial score (nSPS) is 14.8. The van der Waals surface area contributed by atoms with E-state index in [2.05, 4.69) is 9.05 Å². The van der Waals surface area contributed by atoms with Gasteiger partial charge in [-0.25, -0.2) is 4.57 Å². The molecule has 23 heavy (non-hydrogen) atoms. The zero-order valence-electron chi connectivity index (χ0n) is 14.0. The fourth-order valence-corrected chi connectivity index (χ4v) is 2.03. The van der Waals surface area contributed by atoms with Crippen molar-refractivity contribution < 1.29 is 37.6 Å². The summed E-state index contributed by atoms with van der Waals surface area (Å²) in [5.74, 6) is -0.901. The Kier molecular flexibility index (Phi) is 12.0. The van der Waals surface area contributed by atoms with Gasteiger partial charge >= 0.3 is 19.8 Å². The summed E-state index contributed by atoms with van der Waals surface area (Å²) in [7, 11) is -3.17. The summed E-state index contributed by atoms with van der Waals surface area (Å²) in [5, 5.41) is 0. The Balaban J connectivity index is 4.44. The third-order valence-electron chi connectivity index (χ3n) is 2.82. The van der Waals surface area contributed by atoms with Crippen LogP contribution in [0.1, 0.15) is 52.4 Å². The van der Waals surface area contributed by atoms with Crippen LogP contribution in [0.5, 0.6) is 0 Å². The summed E-state index contributed by atoms with van der Waals surface area (Å²) in [4.78, 5) is 32.3. The van der Waals surface area contributed by atoms with Gasteiger partial charge in [-0.15, -0.1) is 0 Å². The molecule has 0 bridgehead atoms. The van der Waals surface area contributed by atoms with E-state index in [1.807, 2.05) is 13.8 Å². The van der Waals surface area contributed by atoms with E-state index in [0.717, 1.165) is 20.0 Å². The van der Waals surface area contributed by atoms with E-state index >= 15 is 0 Å². The van der Waals surface area contributed by atoms with Crippen molar-refractivity contribution in [3.05, 3.63) is 0 Å². The number of ether oxygens (including phenoxy) is 2. The average Bonchev–Trinajstić information content (AvgIpc) is 2.50. The van der Waals surface area contributed by atoms with E-state index in [-0.39, 0.29) is 19.4 Å². The van der Waals surface area contributed by atoms with Gasteiger partial charge in [-0.2, -0.15) is 0 Å². The van der Waals surface area contributed by atoms with Crippen molar-refractivity contribution in [2.45, 2.75) is 58.5 Å². The Morgan fingerprint density at radius 3 is 2.30 bits per heavy atom. The largest absolute Gasteiger partial charge is 0.472 e. The van der Waals surface area contributed by atoms with Gasteiger partial charge in [0.1, 0.15) is 6.61 Å². The van der Waals surface area contributed by atoms with Crippen molar-refractivity contribution in [3.8, 4) is 0 Å². The summed E-state index contributed by atoms with van der Waals surface area (Å²) in [6, 6.07) is 0. The lowest BCUT2D eigenvalue weighted by Crippen LogP contribution is -2.29. The van der Waals surface area contributed by atoms with Crippen LogP contribution in [-0.4, -0.2) is 43.3 Å². The maximum absolute atomic E-state index is 11.7. The van der Waals surface area contributed by atoms with E-state index < -0.39 is 32.5 Å². The molecule has 0 saturated carbocycles. The number of hydrogen-bond acceptors (Lipinski definition) is 7. The summed E-state index contributed by atoms with van der Waals surface area (Å²) in [6.07, 6.45) is 2.71. The number of hydrogen-bond donors (Lipinski definition) is 1. The van der Waals surface area contributed by atoms with Crippen LogP contribution in [0.4, 0.5) is 0 Å². The molecule has 136 valence electrons. The smallest absolute Gasteiger partial charge is 0.462 e. The minimum absolute atomic E-state index is 0.230. The highest BCUT2D eigenvalue weighted by Crippen LogP contribution is 2.42. The van der Waals surface area contributed by atoms with Crippen LogP contribution >= 0.6 is 7.82 Å². The van der Waals surface area contributed by atoms with Crippen molar-refractivity contribution in [2.24, 2.45) is 0 Å². The lowest BCUT2D eigenvalue weighted by molar-refractivity contribution is -0.161. The topological polar surface area (TPSA) is 108 Å². The number of phosphoric acid groups is 1. The molecule has 0 spiro atoms.